The molecule has 13 heavy (non-hydrogen) atoms. The summed E-state index contributed by atoms with van der Waals surface area (Å²) < 4.78 is 10.0. The number of hydrogen-bond donors (Lipinski definition) is 0. The van der Waals surface area contributed by atoms with Gasteiger partial charge in [0, 0.05) is 17.6 Å². The lowest BCUT2D eigenvalue weighted by atomic mass is 10.2. The van der Waals surface area contributed by atoms with Gasteiger partial charge in [-0.15, -0.1) is 0 Å². The number of carbonyl (C=O) groups excluding carboxylic acids is 1. The van der Waals surface area contributed by atoms with Gasteiger partial charge in [0.15, 0.2) is 0 Å². The summed E-state index contributed by atoms with van der Waals surface area (Å²) in [5, 5.41) is 0. The van der Waals surface area contributed by atoms with Gasteiger partial charge in [-0.3, -0.25) is 0 Å². The van der Waals surface area contributed by atoms with Crippen LogP contribution in [0.3, 0.4) is 0 Å². The third kappa shape index (κ3) is 1.37. The fraction of sp³-hybridized carbons (Fsp3) is 0.300. The van der Waals surface area contributed by atoms with Crippen molar-refractivity contribution in [3.8, 4) is 0 Å². The van der Waals surface area contributed by atoms with E-state index in [9.17, 15) is 4.79 Å². The Hall–Kier alpha value is -1.51. The maximum atomic E-state index is 11.3. The molecule has 0 aliphatic heterocycles. The van der Waals surface area contributed by atoms with Crippen molar-refractivity contribution < 1.29 is 13.9 Å². The number of hydrogen-bond acceptors (Lipinski definition) is 3. The molecule has 3 nitrogen and oxygen atoms in total. The molecule has 0 bridgehead atoms. The van der Waals surface area contributed by atoms with Gasteiger partial charge in [-0.05, 0) is 19.1 Å². The molecule has 0 atom stereocenters. The second-order valence-electron chi connectivity index (χ2n) is 2.88. The molecular weight excluding hydrogens is 168 g/mol. The number of esters is 1. The van der Waals surface area contributed by atoms with Crippen molar-refractivity contribution >= 4 is 12.0 Å². The lowest BCUT2D eigenvalue weighted by Gasteiger charge is -2.00. The number of carbonyl (C=O) groups is 1. The van der Waals surface area contributed by atoms with Gasteiger partial charge in [-0.25, -0.2) is 4.79 Å². The monoisotopic (exact) mass is 178 g/mol. The molecule has 1 aromatic rings. The van der Waals surface area contributed by atoms with Gasteiger partial charge >= 0.3 is 5.97 Å². The van der Waals surface area contributed by atoms with E-state index in [2.05, 4.69) is 0 Å². The van der Waals surface area contributed by atoms with Gasteiger partial charge in [0.25, 0.3) is 0 Å². The van der Waals surface area contributed by atoms with Crippen molar-refractivity contribution in [3.05, 3.63) is 29.2 Å². The normalized spacial score (nSPS) is 13.8. The van der Waals surface area contributed by atoms with E-state index in [-0.39, 0.29) is 5.97 Å². The highest BCUT2D eigenvalue weighted by atomic mass is 16.5. The average molecular weight is 178 g/mol. The Balaban J connectivity index is 2.14. The first kappa shape index (κ1) is 8.10. The van der Waals surface area contributed by atoms with E-state index in [1.54, 1.807) is 19.3 Å². The van der Waals surface area contributed by atoms with Gasteiger partial charge in [0.1, 0.15) is 5.76 Å². The highest BCUT2D eigenvalue weighted by Gasteiger charge is 2.21. The summed E-state index contributed by atoms with van der Waals surface area (Å²) in [6.45, 7) is 2.21. The molecule has 1 aliphatic carbocycles. The molecule has 0 unspecified atom stereocenters. The molecular formula is C10H10O3. The molecule has 0 radical (unpaired) electrons. The van der Waals surface area contributed by atoms with Crippen LogP contribution in [-0.4, -0.2) is 12.6 Å². The third-order valence-electron chi connectivity index (χ3n) is 2.00. The van der Waals surface area contributed by atoms with Crippen LogP contribution in [0.4, 0.5) is 0 Å². The first-order valence-electron chi connectivity index (χ1n) is 4.25. The van der Waals surface area contributed by atoms with E-state index in [0.29, 0.717) is 18.6 Å². The number of ether oxygens (including phenoxy) is 1. The molecule has 68 valence electrons. The number of furan rings is 1. The Morgan fingerprint density at radius 3 is 3.23 bits per heavy atom. The molecule has 1 aliphatic rings. The second-order valence-corrected chi connectivity index (χ2v) is 2.88. The molecule has 2 rings (SSSR count). The molecule has 3 heteroatoms. The molecule has 0 saturated carbocycles. The van der Waals surface area contributed by atoms with Gasteiger partial charge in [-0.1, -0.05) is 0 Å². The van der Waals surface area contributed by atoms with E-state index in [4.69, 9.17) is 9.15 Å². The zero-order valence-corrected chi connectivity index (χ0v) is 7.37. The zero-order chi connectivity index (χ0) is 9.26. The summed E-state index contributed by atoms with van der Waals surface area (Å²) in [5.41, 5.74) is 1.74. The van der Waals surface area contributed by atoms with Crippen LogP contribution < -0.4 is 0 Å². The van der Waals surface area contributed by atoms with Crippen molar-refractivity contribution in [2.24, 2.45) is 0 Å². The van der Waals surface area contributed by atoms with E-state index in [1.165, 1.54) is 0 Å². The predicted octanol–water partition coefficient (Wildman–Crippen LogP) is 1.78. The Morgan fingerprint density at radius 2 is 2.54 bits per heavy atom. The summed E-state index contributed by atoms with van der Waals surface area (Å²) >= 11 is 0. The molecule has 0 spiro atoms. The fourth-order valence-electron chi connectivity index (χ4n) is 1.39. The van der Waals surface area contributed by atoms with Gasteiger partial charge in [0.05, 0.1) is 12.9 Å². The lowest BCUT2D eigenvalue weighted by molar-refractivity contribution is -0.138. The van der Waals surface area contributed by atoms with Crippen molar-refractivity contribution in [2.45, 2.75) is 13.3 Å². The SMILES string of the molecule is CCOC(=O)C1=Cc2occc2C1. The van der Waals surface area contributed by atoms with Crippen LogP contribution in [0.15, 0.2) is 22.3 Å². The minimum Gasteiger partial charge on any atom is -0.465 e. The predicted molar refractivity (Wildman–Crippen MR) is 47.0 cm³/mol. The third-order valence-corrected chi connectivity index (χ3v) is 2.00. The van der Waals surface area contributed by atoms with Gasteiger partial charge in [-0.2, -0.15) is 0 Å². The average Bonchev–Trinajstić information content (AvgIpc) is 2.61. The van der Waals surface area contributed by atoms with E-state index in [0.717, 1.165) is 11.3 Å². The quantitative estimate of drug-likeness (QED) is 0.648. The lowest BCUT2D eigenvalue weighted by Crippen LogP contribution is -2.07. The van der Waals surface area contributed by atoms with Crippen molar-refractivity contribution in [1.82, 2.24) is 0 Å². The van der Waals surface area contributed by atoms with Crippen molar-refractivity contribution in [1.29, 1.82) is 0 Å². The summed E-state index contributed by atoms with van der Waals surface area (Å²) in [6.07, 6.45) is 4.00. The zero-order valence-electron chi connectivity index (χ0n) is 7.37. The molecule has 0 saturated heterocycles. The maximum absolute atomic E-state index is 11.3. The highest BCUT2D eigenvalue weighted by Crippen LogP contribution is 2.26. The summed E-state index contributed by atoms with van der Waals surface area (Å²) in [7, 11) is 0. The summed E-state index contributed by atoms with van der Waals surface area (Å²) in [5.74, 6) is 0.539. The van der Waals surface area contributed by atoms with Crippen molar-refractivity contribution in [3.63, 3.8) is 0 Å². The van der Waals surface area contributed by atoms with Crippen LogP contribution in [-0.2, 0) is 16.0 Å². The topological polar surface area (TPSA) is 39.4 Å². The van der Waals surface area contributed by atoms with E-state index < -0.39 is 0 Å². The molecule has 1 heterocycles. The first-order chi connectivity index (χ1) is 6.31. The standard InChI is InChI=1S/C10H10O3/c1-2-12-10(11)8-5-7-3-4-13-9(7)6-8/h3-4,6H,2,5H2,1H3. The van der Waals surface area contributed by atoms with Crippen LogP contribution in [0, 0.1) is 0 Å². The molecule has 0 fully saturated rings. The van der Waals surface area contributed by atoms with Crippen molar-refractivity contribution in [2.75, 3.05) is 6.61 Å². The molecule has 0 N–H and O–H groups in total. The number of rotatable bonds is 2. The molecule has 1 aromatic heterocycles. The van der Waals surface area contributed by atoms with Crippen LogP contribution in [0.2, 0.25) is 0 Å². The Morgan fingerprint density at radius 1 is 1.69 bits per heavy atom. The van der Waals surface area contributed by atoms with E-state index in [1.807, 2.05) is 6.07 Å². The Labute approximate surface area is 76.0 Å². The van der Waals surface area contributed by atoms with Gasteiger partial charge < -0.3 is 9.15 Å². The minimum atomic E-state index is -0.242. The maximum Gasteiger partial charge on any atom is 0.334 e. The first-order valence-corrected chi connectivity index (χ1v) is 4.25. The summed E-state index contributed by atoms with van der Waals surface area (Å²) in [4.78, 5) is 11.3. The van der Waals surface area contributed by atoms with Crippen LogP contribution in [0.25, 0.3) is 6.08 Å². The summed E-state index contributed by atoms with van der Waals surface area (Å²) in [6, 6.07) is 1.87. The van der Waals surface area contributed by atoms with Crippen LogP contribution >= 0.6 is 0 Å². The van der Waals surface area contributed by atoms with E-state index >= 15 is 0 Å². The molecule has 0 amide bonds. The number of fused-ring (bicyclic) bond motifs is 1. The fourth-order valence-corrected chi connectivity index (χ4v) is 1.39. The minimum absolute atomic E-state index is 0.242. The van der Waals surface area contributed by atoms with Crippen LogP contribution in [0.1, 0.15) is 18.2 Å². The van der Waals surface area contributed by atoms with Gasteiger partial charge in [0.2, 0.25) is 0 Å². The Bertz CT molecular complexity index is 360. The Kier molecular flexibility index (Phi) is 1.93. The smallest absolute Gasteiger partial charge is 0.334 e. The highest BCUT2D eigenvalue weighted by molar-refractivity contribution is 5.95. The van der Waals surface area contributed by atoms with Crippen LogP contribution in [0.5, 0.6) is 0 Å². The second kappa shape index (κ2) is 3.09. The molecule has 0 aromatic carbocycles. The largest absolute Gasteiger partial charge is 0.465 e.